The quantitative estimate of drug-likeness (QED) is 0.426. The molecule has 0 saturated heterocycles. The van der Waals surface area contributed by atoms with Crippen LogP contribution >= 0.6 is 0 Å². The summed E-state index contributed by atoms with van der Waals surface area (Å²) in [5, 5.41) is 2.87. The third-order valence-corrected chi connectivity index (χ3v) is 6.43. The lowest BCUT2D eigenvalue weighted by Gasteiger charge is -2.16. The molecule has 1 amide bonds. The number of nitrogens with zero attached hydrogens (tertiary/aromatic N) is 2. The van der Waals surface area contributed by atoms with Crippen molar-refractivity contribution >= 4 is 21.6 Å². The van der Waals surface area contributed by atoms with Gasteiger partial charge in [-0.15, -0.1) is 0 Å². The molecule has 0 fully saturated rings. The van der Waals surface area contributed by atoms with Gasteiger partial charge in [-0.1, -0.05) is 30.3 Å². The second-order valence-electron chi connectivity index (χ2n) is 7.37. The zero-order chi connectivity index (χ0) is 23.4. The Kier molecular flexibility index (Phi) is 6.23. The van der Waals surface area contributed by atoms with Gasteiger partial charge in [0.25, 0.3) is 15.9 Å². The first kappa shape index (κ1) is 22.2. The van der Waals surface area contributed by atoms with E-state index in [9.17, 15) is 17.6 Å². The number of imidazole rings is 1. The Bertz CT molecular complexity index is 1370. The van der Waals surface area contributed by atoms with Crippen LogP contribution in [-0.4, -0.2) is 23.9 Å². The van der Waals surface area contributed by atoms with Gasteiger partial charge < -0.3 is 9.88 Å². The van der Waals surface area contributed by atoms with Gasteiger partial charge in [0.2, 0.25) is 0 Å². The van der Waals surface area contributed by atoms with Gasteiger partial charge in [-0.05, 0) is 55.0 Å². The average molecular weight is 465 g/mol. The van der Waals surface area contributed by atoms with E-state index >= 15 is 0 Å². The van der Waals surface area contributed by atoms with Crippen molar-refractivity contribution < 1.29 is 17.6 Å². The highest BCUT2D eigenvalue weighted by molar-refractivity contribution is 7.92. The van der Waals surface area contributed by atoms with Gasteiger partial charge in [0, 0.05) is 23.6 Å². The number of sulfonamides is 1. The molecule has 0 bridgehead atoms. The summed E-state index contributed by atoms with van der Waals surface area (Å²) in [4.78, 5) is 16.7. The number of benzene rings is 3. The van der Waals surface area contributed by atoms with E-state index in [0.717, 1.165) is 17.3 Å². The number of anilines is 1. The number of nitrogens with one attached hydrogen (secondary N) is 2. The van der Waals surface area contributed by atoms with Gasteiger partial charge in [-0.3, -0.25) is 9.52 Å². The van der Waals surface area contributed by atoms with E-state index in [1.165, 1.54) is 42.5 Å². The summed E-state index contributed by atoms with van der Waals surface area (Å²) >= 11 is 0. The minimum absolute atomic E-state index is 0.143. The fraction of sp³-hybridized carbons (Fsp3) is 0.0833. The minimum atomic E-state index is -4.08. The largest absolute Gasteiger partial charge is 0.346 e. The molecule has 4 rings (SSSR count). The monoisotopic (exact) mass is 464 g/mol. The summed E-state index contributed by atoms with van der Waals surface area (Å²) < 4.78 is 43.3. The topological polar surface area (TPSA) is 93.1 Å². The summed E-state index contributed by atoms with van der Waals surface area (Å²) in [5.74, 6) is -1.12. The first-order valence-corrected chi connectivity index (χ1v) is 11.6. The van der Waals surface area contributed by atoms with E-state index in [1.54, 1.807) is 12.5 Å². The lowest BCUT2D eigenvalue weighted by molar-refractivity contribution is 0.0939. The Balaban J connectivity index is 1.47. The number of carbonyl (C=O) groups is 1. The molecule has 0 saturated carbocycles. The Hall–Kier alpha value is -3.98. The third-order valence-electron chi connectivity index (χ3n) is 5.07. The molecule has 1 aromatic heterocycles. The molecule has 7 nitrogen and oxygen atoms in total. The third kappa shape index (κ3) is 5.09. The zero-order valence-electron chi connectivity index (χ0n) is 17.6. The van der Waals surface area contributed by atoms with Crippen LogP contribution in [0.2, 0.25) is 0 Å². The van der Waals surface area contributed by atoms with Gasteiger partial charge in [0.1, 0.15) is 5.82 Å². The van der Waals surface area contributed by atoms with E-state index in [2.05, 4.69) is 15.0 Å². The molecule has 1 atom stereocenters. The summed E-state index contributed by atoms with van der Waals surface area (Å²) in [5.41, 5.74) is 1.83. The van der Waals surface area contributed by atoms with Gasteiger partial charge in [-0.25, -0.2) is 17.8 Å². The van der Waals surface area contributed by atoms with E-state index in [-0.39, 0.29) is 22.2 Å². The fourth-order valence-corrected chi connectivity index (χ4v) is 4.38. The molecule has 33 heavy (non-hydrogen) atoms. The molecule has 0 aliphatic carbocycles. The smallest absolute Gasteiger partial charge is 0.262 e. The van der Waals surface area contributed by atoms with Gasteiger partial charge >= 0.3 is 0 Å². The van der Waals surface area contributed by atoms with Crippen LogP contribution in [0.5, 0.6) is 0 Å². The first-order valence-electron chi connectivity index (χ1n) is 10.1. The van der Waals surface area contributed by atoms with E-state index in [4.69, 9.17) is 0 Å². The maximum atomic E-state index is 13.9. The number of rotatable bonds is 7. The number of carbonyl (C=O) groups excluding carboxylic acids is 1. The molecule has 4 aromatic rings. The highest BCUT2D eigenvalue weighted by atomic mass is 32.2. The Morgan fingerprint density at radius 1 is 1.03 bits per heavy atom. The second-order valence-corrected chi connectivity index (χ2v) is 9.05. The molecule has 0 aliphatic heterocycles. The maximum absolute atomic E-state index is 13.9. The number of halogens is 1. The standard InChI is InChI=1S/C24H21FN4O3S/c1-17(18-9-11-20(12-10-18)29-14-13-26-16-29)27-24(30)19-5-4-6-21(15-19)33(31,32)28-23-8-3-2-7-22(23)25/h2-17,28H,1H3,(H,27,30)/t17-/m0/s1. The van der Waals surface area contributed by atoms with Crippen molar-refractivity contribution in [2.24, 2.45) is 0 Å². The molecule has 0 unspecified atom stereocenters. The predicted molar refractivity (Wildman–Crippen MR) is 123 cm³/mol. The highest BCUT2D eigenvalue weighted by Crippen LogP contribution is 2.21. The van der Waals surface area contributed by atoms with Crippen molar-refractivity contribution in [2.45, 2.75) is 17.9 Å². The summed E-state index contributed by atoms with van der Waals surface area (Å²) in [6.07, 6.45) is 5.22. The van der Waals surface area contributed by atoms with Crippen molar-refractivity contribution in [2.75, 3.05) is 4.72 Å². The molecule has 168 valence electrons. The number of para-hydroxylation sites is 1. The molecule has 2 N–H and O–H groups in total. The fourth-order valence-electron chi connectivity index (χ4n) is 3.26. The van der Waals surface area contributed by atoms with Crippen LogP contribution < -0.4 is 10.0 Å². The van der Waals surface area contributed by atoms with Crippen LogP contribution in [0.3, 0.4) is 0 Å². The zero-order valence-corrected chi connectivity index (χ0v) is 18.5. The molecule has 9 heteroatoms. The number of hydrogen-bond donors (Lipinski definition) is 2. The SMILES string of the molecule is C[C@H](NC(=O)c1cccc(S(=O)(=O)Nc2ccccc2F)c1)c1ccc(-n2ccnc2)cc1. The van der Waals surface area contributed by atoms with Crippen LogP contribution in [0.4, 0.5) is 10.1 Å². The van der Waals surface area contributed by atoms with Gasteiger partial charge in [0.05, 0.1) is 23.0 Å². The van der Waals surface area contributed by atoms with Crippen molar-refractivity contribution in [3.63, 3.8) is 0 Å². The molecule has 0 spiro atoms. The van der Waals surface area contributed by atoms with Crippen molar-refractivity contribution in [3.05, 3.63) is 108 Å². The van der Waals surface area contributed by atoms with Gasteiger partial charge in [-0.2, -0.15) is 0 Å². The molecule has 0 radical (unpaired) electrons. The molecular formula is C24H21FN4O3S. The molecular weight excluding hydrogens is 443 g/mol. The van der Waals surface area contributed by atoms with Crippen LogP contribution in [0.1, 0.15) is 28.9 Å². The number of amides is 1. The summed E-state index contributed by atoms with van der Waals surface area (Å²) in [6, 6.07) is 18.4. The Labute approximate surface area is 191 Å². The highest BCUT2D eigenvalue weighted by Gasteiger charge is 2.19. The van der Waals surface area contributed by atoms with E-state index in [1.807, 2.05) is 42.0 Å². The van der Waals surface area contributed by atoms with Crippen LogP contribution in [0.15, 0.2) is 96.4 Å². The molecule has 3 aromatic carbocycles. The van der Waals surface area contributed by atoms with E-state index < -0.39 is 21.7 Å². The lowest BCUT2D eigenvalue weighted by Crippen LogP contribution is -2.27. The van der Waals surface area contributed by atoms with E-state index in [0.29, 0.717) is 0 Å². The summed E-state index contributed by atoms with van der Waals surface area (Å²) in [7, 11) is -4.08. The normalized spacial score (nSPS) is 12.2. The summed E-state index contributed by atoms with van der Waals surface area (Å²) in [6.45, 7) is 1.84. The number of aromatic nitrogens is 2. The van der Waals surface area contributed by atoms with Crippen molar-refractivity contribution in [3.8, 4) is 5.69 Å². The average Bonchev–Trinajstić information content (AvgIpc) is 3.36. The van der Waals surface area contributed by atoms with Crippen molar-refractivity contribution in [1.29, 1.82) is 0 Å². The first-order chi connectivity index (χ1) is 15.8. The second kappa shape index (κ2) is 9.25. The Morgan fingerprint density at radius 2 is 1.79 bits per heavy atom. The molecule has 1 heterocycles. The lowest BCUT2D eigenvalue weighted by atomic mass is 10.1. The van der Waals surface area contributed by atoms with Gasteiger partial charge in [0.15, 0.2) is 0 Å². The van der Waals surface area contributed by atoms with Crippen molar-refractivity contribution in [1.82, 2.24) is 14.9 Å². The van der Waals surface area contributed by atoms with Crippen LogP contribution in [-0.2, 0) is 10.0 Å². The minimum Gasteiger partial charge on any atom is -0.346 e. The Morgan fingerprint density at radius 3 is 2.48 bits per heavy atom. The predicted octanol–water partition coefficient (Wildman–Crippen LogP) is 4.30. The maximum Gasteiger partial charge on any atom is 0.262 e. The van der Waals surface area contributed by atoms with Crippen LogP contribution in [0, 0.1) is 5.82 Å². The van der Waals surface area contributed by atoms with Crippen LogP contribution in [0.25, 0.3) is 5.69 Å². The molecule has 0 aliphatic rings. The number of hydrogen-bond acceptors (Lipinski definition) is 4.